The molecular weight excluding hydrogens is 499 g/mol. The summed E-state index contributed by atoms with van der Waals surface area (Å²) >= 11 is 16.0. The van der Waals surface area contributed by atoms with E-state index < -0.39 is 5.91 Å². The summed E-state index contributed by atoms with van der Waals surface area (Å²) in [6, 6.07) is 22.2. The zero-order valence-corrected chi connectivity index (χ0v) is 19.3. The highest BCUT2D eigenvalue weighted by Crippen LogP contribution is 2.36. The van der Waals surface area contributed by atoms with E-state index in [1.54, 1.807) is 18.2 Å². The Balaban J connectivity index is 1.72. The Kier molecular flexibility index (Phi) is 8.13. The summed E-state index contributed by atoms with van der Waals surface area (Å²) in [5, 5.41) is 13.1. The number of nitriles is 1. The van der Waals surface area contributed by atoms with E-state index in [1.165, 1.54) is 6.08 Å². The number of nitrogens with zero attached hydrogens (tertiary/aromatic N) is 1. The molecule has 1 N–H and O–H groups in total. The van der Waals surface area contributed by atoms with Crippen LogP contribution in [0.15, 0.2) is 76.8 Å². The first-order chi connectivity index (χ1) is 15.0. The van der Waals surface area contributed by atoms with Gasteiger partial charge in [-0.3, -0.25) is 4.79 Å². The number of hydrogen-bond donors (Lipinski definition) is 1. The van der Waals surface area contributed by atoms with Gasteiger partial charge in [-0.1, -0.05) is 71.7 Å². The van der Waals surface area contributed by atoms with Crippen LogP contribution in [-0.4, -0.2) is 5.91 Å². The third kappa shape index (κ3) is 6.35. The summed E-state index contributed by atoms with van der Waals surface area (Å²) in [6.45, 7) is 0.580. The second-order valence-corrected chi connectivity index (χ2v) is 8.20. The van der Waals surface area contributed by atoms with Crippen LogP contribution < -0.4 is 10.1 Å². The normalized spacial score (nSPS) is 11.0. The molecule has 0 atom stereocenters. The molecule has 0 bridgehead atoms. The van der Waals surface area contributed by atoms with Gasteiger partial charge in [-0.2, -0.15) is 5.26 Å². The van der Waals surface area contributed by atoms with Gasteiger partial charge in [0.2, 0.25) is 0 Å². The third-order valence-corrected chi connectivity index (χ3v) is 5.56. The predicted molar refractivity (Wildman–Crippen MR) is 127 cm³/mol. The van der Waals surface area contributed by atoms with Crippen molar-refractivity contribution in [1.82, 2.24) is 5.32 Å². The topological polar surface area (TPSA) is 62.1 Å². The van der Waals surface area contributed by atoms with Gasteiger partial charge < -0.3 is 10.1 Å². The summed E-state index contributed by atoms with van der Waals surface area (Å²) in [7, 11) is 0. The highest BCUT2D eigenvalue weighted by molar-refractivity contribution is 9.10. The van der Waals surface area contributed by atoms with Gasteiger partial charge in [0.25, 0.3) is 5.91 Å². The van der Waals surface area contributed by atoms with Crippen LogP contribution in [0.5, 0.6) is 5.75 Å². The number of benzene rings is 3. The molecule has 4 nitrogen and oxygen atoms in total. The Morgan fingerprint density at radius 3 is 2.45 bits per heavy atom. The van der Waals surface area contributed by atoms with Crippen molar-refractivity contribution in [3.05, 3.63) is 104 Å². The first-order valence-corrected chi connectivity index (χ1v) is 10.8. The lowest BCUT2D eigenvalue weighted by atomic mass is 10.1. The van der Waals surface area contributed by atoms with E-state index in [1.807, 2.05) is 54.6 Å². The maximum atomic E-state index is 12.4. The lowest BCUT2D eigenvalue weighted by Crippen LogP contribution is -2.23. The molecule has 0 aliphatic rings. The first-order valence-electron chi connectivity index (χ1n) is 9.27. The van der Waals surface area contributed by atoms with Gasteiger partial charge in [0.15, 0.2) is 5.75 Å². The summed E-state index contributed by atoms with van der Waals surface area (Å²) < 4.78 is 6.43. The van der Waals surface area contributed by atoms with E-state index in [-0.39, 0.29) is 12.2 Å². The molecule has 0 heterocycles. The Bertz CT molecular complexity index is 1130. The van der Waals surface area contributed by atoms with Crippen LogP contribution >= 0.6 is 39.1 Å². The summed E-state index contributed by atoms with van der Waals surface area (Å²) in [5.41, 5.74) is 2.34. The lowest BCUT2D eigenvalue weighted by Gasteiger charge is -2.12. The summed E-state index contributed by atoms with van der Waals surface area (Å²) in [4.78, 5) is 12.4. The predicted octanol–water partition coefficient (Wildman–Crippen LogP) is 6.56. The molecule has 0 spiro atoms. The monoisotopic (exact) mass is 514 g/mol. The molecule has 0 unspecified atom stereocenters. The van der Waals surface area contributed by atoms with Crippen molar-refractivity contribution in [3.8, 4) is 11.8 Å². The summed E-state index contributed by atoms with van der Waals surface area (Å²) in [5.74, 6) is -0.0107. The van der Waals surface area contributed by atoms with E-state index in [0.29, 0.717) is 32.4 Å². The molecule has 1 amide bonds. The summed E-state index contributed by atoms with van der Waals surface area (Å²) in [6.07, 6.45) is 1.48. The van der Waals surface area contributed by atoms with Crippen LogP contribution in [0, 0.1) is 11.3 Å². The minimum atomic E-state index is -0.461. The fourth-order valence-corrected chi connectivity index (χ4v) is 3.93. The molecule has 0 saturated heterocycles. The van der Waals surface area contributed by atoms with Gasteiger partial charge >= 0.3 is 0 Å². The van der Waals surface area contributed by atoms with E-state index in [9.17, 15) is 10.1 Å². The van der Waals surface area contributed by atoms with Crippen LogP contribution in [0.1, 0.15) is 16.7 Å². The average Bonchev–Trinajstić information content (AvgIpc) is 2.77. The van der Waals surface area contributed by atoms with Gasteiger partial charge in [-0.15, -0.1) is 0 Å². The second kappa shape index (κ2) is 11.0. The van der Waals surface area contributed by atoms with E-state index in [0.717, 1.165) is 11.1 Å². The second-order valence-electron chi connectivity index (χ2n) is 6.53. The van der Waals surface area contributed by atoms with E-state index in [2.05, 4.69) is 21.2 Å². The lowest BCUT2D eigenvalue weighted by molar-refractivity contribution is -0.117. The number of carbonyl (C=O) groups is 1. The zero-order valence-electron chi connectivity index (χ0n) is 16.2. The maximum Gasteiger partial charge on any atom is 0.262 e. The largest absolute Gasteiger partial charge is 0.486 e. The minimum Gasteiger partial charge on any atom is -0.486 e. The molecule has 156 valence electrons. The molecule has 3 rings (SSSR count). The van der Waals surface area contributed by atoms with Crippen molar-refractivity contribution < 1.29 is 9.53 Å². The molecule has 0 aliphatic heterocycles. The number of ether oxygens (including phenoxy) is 1. The van der Waals surface area contributed by atoms with Crippen LogP contribution in [-0.2, 0) is 17.9 Å². The molecule has 0 saturated carbocycles. The van der Waals surface area contributed by atoms with Crippen molar-refractivity contribution in [2.24, 2.45) is 0 Å². The highest BCUT2D eigenvalue weighted by Gasteiger charge is 2.13. The molecule has 0 radical (unpaired) electrons. The van der Waals surface area contributed by atoms with Crippen molar-refractivity contribution in [1.29, 1.82) is 5.26 Å². The molecule has 3 aromatic rings. The van der Waals surface area contributed by atoms with Crippen molar-refractivity contribution in [2.45, 2.75) is 13.2 Å². The Morgan fingerprint density at radius 1 is 1.06 bits per heavy atom. The number of rotatable bonds is 7. The quantitative estimate of drug-likeness (QED) is 0.286. The fraction of sp³-hybridized carbons (Fsp3) is 0.0833. The molecule has 0 fully saturated rings. The van der Waals surface area contributed by atoms with Gasteiger partial charge in [0, 0.05) is 17.1 Å². The van der Waals surface area contributed by atoms with Gasteiger partial charge in [0.1, 0.15) is 18.2 Å². The SMILES string of the molecule is N#C/C(=C/c1cc(Cl)c(OCc2ccccc2Cl)c(Br)c1)C(=O)NCc1ccccc1. The zero-order chi connectivity index (χ0) is 22.2. The maximum absolute atomic E-state index is 12.4. The minimum absolute atomic E-state index is 0.0244. The Labute approximate surface area is 199 Å². The molecule has 0 aromatic heterocycles. The van der Waals surface area contributed by atoms with E-state index >= 15 is 0 Å². The van der Waals surface area contributed by atoms with E-state index in [4.69, 9.17) is 27.9 Å². The number of halogens is 3. The molecular formula is C24H17BrCl2N2O2. The van der Waals surface area contributed by atoms with Gasteiger partial charge in [-0.05, 0) is 51.3 Å². The molecule has 7 heteroatoms. The van der Waals surface area contributed by atoms with Crippen LogP contribution in [0.2, 0.25) is 10.0 Å². The van der Waals surface area contributed by atoms with Crippen LogP contribution in [0.3, 0.4) is 0 Å². The third-order valence-electron chi connectivity index (χ3n) is 4.32. The fourth-order valence-electron chi connectivity index (χ4n) is 2.75. The Hall–Kier alpha value is -2.78. The van der Waals surface area contributed by atoms with Crippen LogP contribution in [0.25, 0.3) is 6.08 Å². The number of hydrogen-bond acceptors (Lipinski definition) is 3. The first kappa shape index (κ1) is 22.9. The highest BCUT2D eigenvalue weighted by atomic mass is 79.9. The molecule has 0 aliphatic carbocycles. The number of amides is 1. The molecule has 3 aromatic carbocycles. The molecule has 31 heavy (non-hydrogen) atoms. The van der Waals surface area contributed by atoms with Gasteiger partial charge in [-0.25, -0.2) is 0 Å². The van der Waals surface area contributed by atoms with Crippen LogP contribution in [0.4, 0.5) is 0 Å². The van der Waals surface area contributed by atoms with Crippen molar-refractivity contribution in [2.75, 3.05) is 0 Å². The van der Waals surface area contributed by atoms with Crippen molar-refractivity contribution in [3.63, 3.8) is 0 Å². The smallest absolute Gasteiger partial charge is 0.262 e. The Morgan fingerprint density at radius 2 is 1.77 bits per heavy atom. The average molecular weight is 516 g/mol. The number of nitrogens with one attached hydrogen (secondary N) is 1. The van der Waals surface area contributed by atoms with Crippen molar-refractivity contribution >= 4 is 51.1 Å². The number of carbonyl (C=O) groups excluding carboxylic acids is 1. The van der Waals surface area contributed by atoms with Gasteiger partial charge in [0.05, 0.1) is 9.50 Å². The standard InChI is InChI=1S/C24H17BrCl2N2O2/c25-20-11-17(10-19(13-28)24(30)29-14-16-6-2-1-3-7-16)12-22(27)23(20)31-15-18-8-4-5-9-21(18)26/h1-12H,14-15H2,(H,29,30)/b19-10-.